The number of nitrogens with zero attached hydrogens (tertiary/aromatic N) is 4. The van der Waals surface area contributed by atoms with Crippen LogP contribution in [0.2, 0.25) is 0 Å². The average Bonchev–Trinajstić information content (AvgIpc) is 3.45. The van der Waals surface area contributed by atoms with Crippen LogP contribution in [0.15, 0.2) is 111 Å². The van der Waals surface area contributed by atoms with E-state index in [1.54, 1.807) is 78.9 Å². The van der Waals surface area contributed by atoms with E-state index in [-0.39, 0.29) is 40.4 Å². The number of anilines is 1. The third-order valence-corrected chi connectivity index (χ3v) is 9.36. The van der Waals surface area contributed by atoms with Crippen molar-refractivity contribution in [1.29, 1.82) is 0 Å². The second-order valence-corrected chi connectivity index (χ2v) is 15.2. The second-order valence-electron chi connectivity index (χ2n) is 13.3. The number of phenolic OH excluding ortho intramolecular Hbond substituents is 1. The van der Waals surface area contributed by atoms with Crippen LogP contribution < -0.4 is 4.31 Å². The Morgan fingerprint density at radius 3 is 2.04 bits per heavy atom. The van der Waals surface area contributed by atoms with Gasteiger partial charge < -0.3 is 9.63 Å². The molecule has 0 aliphatic heterocycles. The van der Waals surface area contributed by atoms with Crippen molar-refractivity contribution in [3.63, 3.8) is 0 Å². The highest BCUT2D eigenvalue weighted by atomic mass is 32.2. The summed E-state index contributed by atoms with van der Waals surface area (Å²) in [5.74, 6) is 0.0814. The summed E-state index contributed by atoms with van der Waals surface area (Å²) in [5, 5.41) is 14.4. The smallest absolute Gasteiger partial charge is 0.264 e. The zero-order valence-corrected chi connectivity index (χ0v) is 27.9. The van der Waals surface area contributed by atoms with E-state index in [1.807, 2.05) is 48.5 Å². The molecule has 0 radical (unpaired) electrons. The molecule has 1 aliphatic carbocycles. The summed E-state index contributed by atoms with van der Waals surface area (Å²) in [6, 6.07) is 20.0. The molecule has 3 aromatic carbocycles. The molecule has 0 saturated carbocycles. The van der Waals surface area contributed by atoms with E-state index >= 15 is 0 Å². The molecule has 0 bridgehead atoms. The molecule has 0 atom stereocenters. The Morgan fingerprint density at radius 2 is 1.43 bits per heavy atom. The Balaban J connectivity index is 1.66. The largest absolute Gasteiger partial charge is 0.507 e. The van der Waals surface area contributed by atoms with Crippen molar-refractivity contribution in [1.82, 2.24) is 10.1 Å². The fourth-order valence-electron chi connectivity index (χ4n) is 5.05. The Hall–Kier alpha value is -4.83. The van der Waals surface area contributed by atoms with Crippen LogP contribution in [0.4, 0.5) is 11.4 Å². The van der Waals surface area contributed by atoms with Gasteiger partial charge in [0.2, 0.25) is 0 Å². The van der Waals surface area contributed by atoms with Crippen molar-refractivity contribution in [2.45, 2.75) is 59.9 Å². The molecule has 1 heterocycles. The van der Waals surface area contributed by atoms with Gasteiger partial charge in [-0.25, -0.2) is 13.4 Å². The van der Waals surface area contributed by atoms with E-state index in [0.29, 0.717) is 28.1 Å². The van der Waals surface area contributed by atoms with E-state index in [1.165, 1.54) is 10.4 Å². The fraction of sp³-hybridized carbons (Fsp3) is 0.278. The molecule has 10 heteroatoms. The van der Waals surface area contributed by atoms with Gasteiger partial charge in [0.25, 0.3) is 15.9 Å². The van der Waals surface area contributed by atoms with Crippen LogP contribution in [-0.2, 0) is 21.4 Å². The van der Waals surface area contributed by atoms with Crippen LogP contribution in [0.1, 0.15) is 52.9 Å². The molecule has 238 valence electrons. The number of aromatic hydroxyl groups is 1. The fourth-order valence-corrected chi connectivity index (χ4v) is 6.48. The number of Topliss-reactive ketones (excluding diaryl/α,β-unsaturated/α-hetero) is 1. The van der Waals surface area contributed by atoms with Crippen LogP contribution in [0.25, 0.3) is 11.5 Å². The van der Waals surface area contributed by atoms with Crippen LogP contribution >= 0.6 is 0 Å². The monoisotopic (exact) mass is 638 g/mol. The Morgan fingerprint density at radius 1 is 0.848 bits per heavy atom. The minimum atomic E-state index is -4.16. The number of hydrogen-bond acceptors (Lipinski definition) is 8. The first-order valence-corrected chi connectivity index (χ1v) is 16.4. The third-order valence-electron chi connectivity index (χ3n) is 7.59. The molecule has 0 amide bonds. The van der Waals surface area contributed by atoms with Crippen molar-refractivity contribution in [3.05, 3.63) is 107 Å². The molecule has 0 fully saturated rings. The van der Waals surface area contributed by atoms with Gasteiger partial charge in [0, 0.05) is 11.1 Å². The van der Waals surface area contributed by atoms with Crippen molar-refractivity contribution in [2.75, 3.05) is 4.31 Å². The molecule has 1 aliphatic rings. The lowest BCUT2D eigenvalue weighted by molar-refractivity contribution is -0.114. The van der Waals surface area contributed by atoms with Crippen molar-refractivity contribution < 1.29 is 22.8 Å². The maximum absolute atomic E-state index is 14.3. The Bertz CT molecular complexity index is 1950. The van der Waals surface area contributed by atoms with Gasteiger partial charge in [-0.1, -0.05) is 88.7 Å². The molecular formula is C36H38N4O5S. The molecule has 9 nitrogen and oxygen atoms in total. The average molecular weight is 639 g/mol. The minimum absolute atomic E-state index is 0.0202. The highest BCUT2D eigenvalue weighted by Crippen LogP contribution is 2.39. The third kappa shape index (κ3) is 6.72. The normalized spacial score (nSPS) is 14.2. The summed E-state index contributed by atoms with van der Waals surface area (Å²) >= 11 is 0. The van der Waals surface area contributed by atoms with Crippen molar-refractivity contribution in [3.8, 4) is 17.2 Å². The number of ketones is 1. The van der Waals surface area contributed by atoms with E-state index in [0.717, 1.165) is 5.56 Å². The molecule has 0 unspecified atom stereocenters. The highest BCUT2D eigenvalue weighted by molar-refractivity contribution is 7.92. The number of rotatable bonds is 7. The molecular weight excluding hydrogens is 600 g/mol. The number of aromatic nitrogens is 2. The molecule has 1 aromatic heterocycles. The number of para-hydroxylation sites is 3. The van der Waals surface area contributed by atoms with Crippen molar-refractivity contribution >= 4 is 32.9 Å². The van der Waals surface area contributed by atoms with Gasteiger partial charge in [-0.05, 0) is 66.3 Å². The molecule has 0 spiro atoms. The number of hydrogen-bond donors (Lipinski definition) is 1. The molecule has 5 rings (SSSR count). The van der Waals surface area contributed by atoms with Gasteiger partial charge in [-0.3, -0.25) is 9.10 Å². The standard InChI is InChI=1S/C36H38N4O5S/c1-23-16-18-25(19-17-23)46(43,44)40(22-32-38-34(45-39-32)26-12-8-11-15-31(26)41)30-14-10-9-13-29(30)37-24-20-27(35(2,3)4)33(42)28(21-24)36(5,6)7/h8-21,41H,22H2,1-7H3. The summed E-state index contributed by atoms with van der Waals surface area (Å²) in [5.41, 5.74) is 2.83. The van der Waals surface area contributed by atoms with E-state index < -0.39 is 20.9 Å². The number of benzene rings is 3. The highest BCUT2D eigenvalue weighted by Gasteiger charge is 2.35. The molecule has 46 heavy (non-hydrogen) atoms. The number of carbonyl (C=O) groups excluding carboxylic acids is 1. The van der Waals surface area contributed by atoms with E-state index in [4.69, 9.17) is 9.52 Å². The molecule has 1 N–H and O–H groups in total. The Labute approximate surface area is 270 Å². The topological polar surface area (TPSA) is 126 Å². The first-order chi connectivity index (χ1) is 21.6. The van der Waals surface area contributed by atoms with Gasteiger partial charge >= 0.3 is 0 Å². The summed E-state index contributed by atoms with van der Waals surface area (Å²) in [7, 11) is -4.16. The second kappa shape index (κ2) is 12.2. The van der Waals surface area contributed by atoms with E-state index in [2.05, 4.69) is 10.1 Å². The first-order valence-electron chi connectivity index (χ1n) is 14.9. The predicted octanol–water partition coefficient (Wildman–Crippen LogP) is 7.75. The summed E-state index contributed by atoms with van der Waals surface area (Å²) in [6.07, 6.45) is 3.57. The predicted molar refractivity (Wildman–Crippen MR) is 180 cm³/mol. The van der Waals surface area contributed by atoms with Gasteiger partial charge in [-0.15, -0.1) is 0 Å². The van der Waals surface area contributed by atoms with Gasteiger partial charge in [0.1, 0.15) is 5.75 Å². The minimum Gasteiger partial charge on any atom is -0.507 e. The maximum Gasteiger partial charge on any atom is 0.264 e. The number of carbonyl (C=O) groups is 1. The first kappa shape index (κ1) is 32.6. The lowest BCUT2D eigenvalue weighted by atomic mass is 9.72. The van der Waals surface area contributed by atoms with Gasteiger partial charge in [-0.2, -0.15) is 4.98 Å². The lowest BCUT2D eigenvalue weighted by Gasteiger charge is -2.31. The quantitative estimate of drug-likeness (QED) is 0.205. The zero-order valence-electron chi connectivity index (χ0n) is 27.1. The zero-order chi connectivity index (χ0) is 33.4. The van der Waals surface area contributed by atoms with Crippen LogP contribution in [0.3, 0.4) is 0 Å². The van der Waals surface area contributed by atoms with Crippen molar-refractivity contribution in [2.24, 2.45) is 15.8 Å². The number of allylic oxidation sites excluding steroid dienone is 4. The van der Waals surface area contributed by atoms with E-state index in [9.17, 15) is 18.3 Å². The summed E-state index contributed by atoms with van der Waals surface area (Å²) in [6.45, 7) is 13.5. The number of sulfonamides is 1. The number of aliphatic imine (C=N–C) groups is 1. The molecule has 4 aromatic rings. The SMILES string of the molecule is Cc1ccc(S(=O)(=O)N(Cc2noc(-c3ccccc3O)n2)c2ccccc2N=C2C=C(C(C)(C)C)C(=O)C(C(C)(C)C)=C2)cc1. The van der Waals surface area contributed by atoms with Gasteiger partial charge in [0.15, 0.2) is 11.6 Å². The summed E-state index contributed by atoms with van der Waals surface area (Å²) in [4.78, 5) is 23.0. The number of phenols is 1. The van der Waals surface area contributed by atoms with Crippen LogP contribution in [0, 0.1) is 17.8 Å². The van der Waals surface area contributed by atoms with Gasteiger partial charge in [0.05, 0.1) is 34.1 Å². The number of aryl methyl sites for hydroxylation is 1. The maximum atomic E-state index is 14.3. The molecule has 0 saturated heterocycles. The van der Waals surface area contributed by atoms with Crippen LogP contribution in [0.5, 0.6) is 5.75 Å². The lowest BCUT2D eigenvalue weighted by Crippen LogP contribution is -2.31. The van der Waals surface area contributed by atoms with Crippen LogP contribution in [-0.4, -0.2) is 35.2 Å². The Kier molecular flexibility index (Phi) is 8.61. The summed E-state index contributed by atoms with van der Waals surface area (Å²) < 4.78 is 35.3.